The van der Waals surface area contributed by atoms with Crippen molar-refractivity contribution in [3.63, 3.8) is 0 Å². The molecule has 6 nitrogen and oxygen atoms in total. The second kappa shape index (κ2) is 8.38. The summed E-state index contributed by atoms with van der Waals surface area (Å²) < 4.78 is 16.4. The molecule has 0 aliphatic carbocycles. The molecule has 6 heteroatoms. The molecule has 0 radical (unpaired) electrons. The maximum absolute atomic E-state index is 11.9. The van der Waals surface area contributed by atoms with Gasteiger partial charge in [-0.05, 0) is 36.2 Å². The van der Waals surface area contributed by atoms with Crippen LogP contribution in [0.3, 0.4) is 0 Å². The number of hydrogen-bond acceptors (Lipinski definition) is 5. The van der Waals surface area contributed by atoms with Crippen LogP contribution in [0.2, 0.25) is 0 Å². The Bertz CT molecular complexity index is 772. The minimum atomic E-state index is -0.519. The Morgan fingerprint density at radius 3 is 2.58 bits per heavy atom. The van der Waals surface area contributed by atoms with Gasteiger partial charge >= 0.3 is 5.97 Å². The van der Waals surface area contributed by atoms with Crippen LogP contribution in [0, 0.1) is 0 Å². The summed E-state index contributed by atoms with van der Waals surface area (Å²) in [6.07, 6.45) is 0.612. The molecule has 2 aromatic carbocycles. The molecule has 1 heterocycles. The second-order valence-corrected chi connectivity index (χ2v) is 5.93. The van der Waals surface area contributed by atoms with Crippen molar-refractivity contribution in [2.24, 2.45) is 0 Å². The van der Waals surface area contributed by atoms with Gasteiger partial charge < -0.3 is 19.5 Å². The molecule has 26 heavy (non-hydrogen) atoms. The van der Waals surface area contributed by atoms with Crippen LogP contribution in [0.4, 0.5) is 0 Å². The van der Waals surface area contributed by atoms with E-state index >= 15 is 0 Å². The lowest BCUT2D eigenvalue weighted by atomic mass is 10.1. The molecule has 1 amide bonds. The highest BCUT2D eigenvalue weighted by atomic mass is 16.6. The van der Waals surface area contributed by atoms with Crippen molar-refractivity contribution in [3.05, 3.63) is 59.7 Å². The molecule has 2 aromatic rings. The van der Waals surface area contributed by atoms with Gasteiger partial charge in [-0.15, -0.1) is 0 Å². The van der Waals surface area contributed by atoms with E-state index in [1.807, 2.05) is 43.3 Å². The number of nitrogens with one attached hydrogen (secondary N) is 1. The van der Waals surface area contributed by atoms with Crippen molar-refractivity contribution in [2.45, 2.75) is 19.4 Å². The number of aryl methyl sites for hydroxylation is 1. The maximum Gasteiger partial charge on any atom is 0.338 e. The topological polar surface area (TPSA) is 73.9 Å². The number of para-hydroxylation sites is 2. The molecule has 0 bridgehead atoms. The molecule has 3 rings (SSSR count). The van der Waals surface area contributed by atoms with E-state index in [0.29, 0.717) is 23.7 Å². The van der Waals surface area contributed by atoms with Crippen molar-refractivity contribution >= 4 is 11.9 Å². The fraction of sp³-hybridized carbons (Fsp3) is 0.300. The van der Waals surface area contributed by atoms with Crippen LogP contribution in [0.1, 0.15) is 22.8 Å². The van der Waals surface area contributed by atoms with Gasteiger partial charge in [0.1, 0.15) is 12.7 Å². The average molecular weight is 355 g/mol. The Morgan fingerprint density at radius 2 is 1.85 bits per heavy atom. The van der Waals surface area contributed by atoms with Gasteiger partial charge in [-0.1, -0.05) is 31.2 Å². The number of rotatable bonds is 6. The van der Waals surface area contributed by atoms with Crippen LogP contribution in [-0.4, -0.2) is 37.7 Å². The van der Waals surface area contributed by atoms with E-state index in [4.69, 9.17) is 14.2 Å². The first-order valence-electron chi connectivity index (χ1n) is 8.57. The van der Waals surface area contributed by atoms with Crippen LogP contribution in [0.5, 0.6) is 11.5 Å². The number of fused-ring (bicyclic) bond motifs is 1. The summed E-state index contributed by atoms with van der Waals surface area (Å²) in [5, 5.41) is 2.69. The zero-order valence-corrected chi connectivity index (χ0v) is 14.6. The van der Waals surface area contributed by atoms with Gasteiger partial charge in [0.05, 0.1) is 12.1 Å². The lowest BCUT2D eigenvalue weighted by molar-refractivity contribution is -0.124. The van der Waals surface area contributed by atoms with Crippen molar-refractivity contribution < 1.29 is 23.8 Å². The third-order valence-corrected chi connectivity index (χ3v) is 4.03. The molecule has 1 aliphatic rings. The Balaban J connectivity index is 1.41. The van der Waals surface area contributed by atoms with Crippen LogP contribution in [0.15, 0.2) is 48.5 Å². The predicted octanol–water partition coefficient (Wildman–Crippen LogP) is 2.36. The lowest BCUT2D eigenvalue weighted by Gasteiger charge is -2.26. The van der Waals surface area contributed by atoms with Gasteiger partial charge in [-0.3, -0.25) is 4.79 Å². The molecule has 1 N–H and O–H groups in total. The number of ether oxygens (including phenoxy) is 3. The van der Waals surface area contributed by atoms with Gasteiger partial charge in [0.25, 0.3) is 5.91 Å². The first-order valence-corrected chi connectivity index (χ1v) is 8.57. The monoisotopic (exact) mass is 355 g/mol. The molecular weight excluding hydrogens is 334 g/mol. The van der Waals surface area contributed by atoms with Crippen molar-refractivity contribution in [2.75, 3.05) is 19.8 Å². The van der Waals surface area contributed by atoms with Crippen LogP contribution in [-0.2, 0) is 16.0 Å². The second-order valence-electron chi connectivity index (χ2n) is 5.93. The number of hydrogen-bond donors (Lipinski definition) is 1. The minimum Gasteiger partial charge on any atom is -0.486 e. The smallest absolute Gasteiger partial charge is 0.338 e. The Labute approximate surface area is 152 Å². The first-order chi connectivity index (χ1) is 12.7. The zero-order valence-electron chi connectivity index (χ0n) is 14.6. The minimum absolute atomic E-state index is 0.274. The van der Waals surface area contributed by atoms with Gasteiger partial charge in [0, 0.05) is 0 Å². The quantitative estimate of drug-likeness (QED) is 0.806. The van der Waals surface area contributed by atoms with E-state index in [1.54, 1.807) is 12.1 Å². The number of carbonyl (C=O) groups excluding carboxylic acids is 2. The molecule has 136 valence electrons. The third-order valence-electron chi connectivity index (χ3n) is 4.03. The predicted molar refractivity (Wildman–Crippen MR) is 95.5 cm³/mol. The van der Waals surface area contributed by atoms with Gasteiger partial charge in [-0.25, -0.2) is 4.79 Å². The summed E-state index contributed by atoms with van der Waals surface area (Å²) in [7, 11) is 0. The highest BCUT2D eigenvalue weighted by Gasteiger charge is 2.21. The normalized spacial score (nSPS) is 15.2. The summed E-state index contributed by atoms with van der Waals surface area (Å²) in [5.74, 6) is 0.443. The number of amides is 1. The fourth-order valence-corrected chi connectivity index (χ4v) is 2.53. The molecule has 0 unspecified atom stereocenters. The van der Waals surface area contributed by atoms with Crippen LogP contribution < -0.4 is 14.8 Å². The van der Waals surface area contributed by atoms with Crippen molar-refractivity contribution in [3.8, 4) is 11.5 Å². The van der Waals surface area contributed by atoms with Gasteiger partial charge in [0.2, 0.25) is 0 Å². The number of carbonyl (C=O) groups is 2. The molecule has 0 aromatic heterocycles. The molecule has 1 atom stereocenters. The maximum atomic E-state index is 11.9. The number of esters is 1. The Hall–Kier alpha value is -3.02. The van der Waals surface area contributed by atoms with Gasteiger partial charge in [-0.2, -0.15) is 0 Å². The zero-order chi connectivity index (χ0) is 18.4. The first kappa shape index (κ1) is 17.8. The molecule has 0 saturated carbocycles. The van der Waals surface area contributed by atoms with Crippen molar-refractivity contribution in [1.29, 1.82) is 0 Å². The number of benzene rings is 2. The van der Waals surface area contributed by atoms with Crippen LogP contribution >= 0.6 is 0 Å². The van der Waals surface area contributed by atoms with E-state index < -0.39 is 5.97 Å². The molecule has 0 spiro atoms. The highest BCUT2D eigenvalue weighted by molar-refractivity contribution is 5.91. The largest absolute Gasteiger partial charge is 0.486 e. The highest BCUT2D eigenvalue weighted by Crippen LogP contribution is 2.30. The SMILES string of the molecule is CCc1ccc(C(=O)OCC(=O)NC[C@H]2COc3ccccc3O2)cc1. The molecule has 0 fully saturated rings. The van der Waals surface area contributed by atoms with Crippen LogP contribution in [0.25, 0.3) is 0 Å². The fourth-order valence-electron chi connectivity index (χ4n) is 2.53. The summed E-state index contributed by atoms with van der Waals surface area (Å²) in [6, 6.07) is 14.5. The third kappa shape index (κ3) is 4.53. The average Bonchev–Trinajstić information content (AvgIpc) is 2.70. The van der Waals surface area contributed by atoms with E-state index in [0.717, 1.165) is 12.0 Å². The lowest BCUT2D eigenvalue weighted by Crippen LogP contribution is -2.42. The summed E-state index contributed by atoms with van der Waals surface area (Å²) in [6.45, 7) is 2.33. The Kier molecular flexibility index (Phi) is 5.73. The Morgan fingerprint density at radius 1 is 1.12 bits per heavy atom. The summed E-state index contributed by atoms with van der Waals surface area (Å²) >= 11 is 0. The molecular formula is C20H21NO5. The van der Waals surface area contributed by atoms with E-state index in [1.165, 1.54) is 0 Å². The van der Waals surface area contributed by atoms with Crippen molar-refractivity contribution in [1.82, 2.24) is 5.32 Å². The van der Waals surface area contributed by atoms with Gasteiger partial charge in [0.15, 0.2) is 18.1 Å². The molecule has 0 saturated heterocycles. The van der Waals surface area contributed by atoms with E-state index in [9.17, 15) is 9.59 Å². The summed E-state index contributed by atoms with van der Waals surface area (Å²) in [4.78, 5) is 23.8. The standard InChI is InChI=1S/C20H21NO5/c1-2-14-7-9-15(10-8-14)20(23)25-13-19(22)21-11-16-12-24-17-5-3-4-6-18(17)26-16/h3-10,16H,2,11-13H2,1H3,(H,21,22)/t16-/m0/s1. The van der Waals surface area contributed by atoms with E-state index in [-0.39, 0.29) is 25.2 Å². The van der Waals surface area contributed by atoms with E-state index in [2.05, 4.69) is 5.32 Å². The summed E-state index contributed by atoms with van der Waals surface area (Å²) in [5.41, 5.74) is 1.56. The molecule has 1 aliphatic heterocycles.